The average molecular weight is 160 g/mol. The van der Waals surface area contributed by atoms with Gasteiger partial charge in [-0.25, -0.2) is 4.98 Å². The van der Waals surface area contributed by atoms with Crippen molar-refractivity contribution in [1.29, 1.82) is 0 Å². The van der Waals surface area contributed by atoms with Gasteiger partial charge in [-0.2, -0.15) is 0 Å². The first-order valence-electron chi connectivity index (χ1n) is 3.56. The minimum absolute atomic E-state index is 0.697. The molecule has 0 spiro atoms. The number of anilines is 1. The zero-order valence-electron chi connectivity index (χ0n) is 6.38. The zero-order chi connectivity index (χ0) is 8.39. The van der Waals surface area contributed by atoms with Crippen LogP contribution in [0.5, 0.6) is 0 Å². The Bertz CT molecular complexity index is 366. The maximum Gasteiger partial charge on any atom is 0.0992 e. The summed E-state index contributed by atoms with van der Waals surface area (Å²) in [6, 6.07) is 1.76. The van der Waals surface area contributed by atoms with Gasteiger partial charge in [0.1, 0.15) is 0 Å². The number of aromatic nitrogens is 3. The molecule has 12 heavy (non-hydrogen) atoms. The molecule has 0 amide bonds. The van der Waals surface area contributed by atoms with Gasteiger partial charge in [0.05, 0.1) is 23.9 Å². The molecule has 0 aliphatic rings. The Morgan fingerprint density at radius 2 is 2.17 bits per heavy atom. The molecule has 0 unspecified atom stereocenters. The second kappa shape index (κ2) is 2.65. The Hall–Kier alpha value is -1.84. The third kappa shape index (κ3) is 1.03. The lowest BCUT2D eigenvalue weighted by Crippen LogP contribution is -1.97. The van der Waals surface area contributed by atoms with Crippen LogP contribution in [0.15, 0.2) is 37.2 Å². The van der Waals surface area contributed by atoms with Crippen LogP contribution in [0.3, 0.4) is 0 Å². The number of nitrogens with two attached hydrogens (primary N) is 1. The molecule has 4 nitrogen and oxygen atoms in total. The Morgan fingerprint density at radius 1 is 1.25 bits per heavy atom. The predicted octanol–water partition coefficient (Wildman–Crippen LogP) is 0.849. The highest BCUT2D eigenvalue weighted by Gasteiger charge is 1.98. The molecule has 60 valence electrons. The summed E-state index contributed by atoms with van der Waals surface area (Å²) in [5.74, 6) is 0. The summed E-state index contributed by atoms with van der Waals surface area (Å²) in [6.07, 6.45) is 8.58. The number of imidazole rings is 1. The fourth-order valence-electron chi connectivity index (χ4n) is 1.01. The number of hydrogen-bond acceptors (Lipinski definition) is 3. The van der Waals surface area contributed by atoms with Gasteiger partial charge in [-0.3, -0.25) is 4.98 Å². The monoisotopic (exact) mass is 160 g/mol. The van der Waals surface area contributed by atoms with Crippen LogP contribution in [0.25, 0.3) is 5.69 Å². The van der Waals surface area contributed by atoms with Crippen molar-refractivity contribution in [2.24, 2.45) is 0 Å². The highest BCUT2D eigenvalue weighted by Crippen LogP contribution is 2.13. The van der Waals surface area contributed by atoms with Crippen molar-refractivity contribution in [3.63, 3.8) is 0 Å². The molecule has 2 heterocycles. The first-order valence-corrected chi connectivity index (χ1v) is 3.56. The highest BCUT2D eigenvalue weighted by molar-refractivity contribution is 5.55. The van der Waals surface area contributed by atoms with Gasteiger partial charge in [0.15, 0.2) is 0 Å². The van der Waals surface area contributed by atoms with Gasteiger partial charge in [-0.05, 0) is 6.07 Å². The molecule has 0 atom stereocenters. The van der Waals surface area contributed by atoms with Crippen molar-refractivity contribution in [2.45, 2.75) is 0 Å². The summed E-state index contributed by atoms with van der Waals surface area (Å²) < 4.78 is 1.82. The molecule has 0 aliphatic heterocycles. The molecule has 0 saturated heterocycles. The number of nitrogen functional groups attached to an aromatic ring is 1. The minimum atomic E-state index is 0.697. The van der Waals surface area contributed by atoms with Crippen molar-refractivity contribution in [3.8, 4) is 5.69 Å². The summed E-state index contributed by atoms with van der Waals surface area (Å²) in [6.45, 7) is 0. The molecule has 2 aromatic heterocycles. The summed E-state index contributed by atoms with van der Waals surface area (Å²) in [7, 11) is 0. The Balaban J connectivity index is 2.55. The van der Waals surface area contributed by atoms with Gasteiger partial charge in [0.25, 0.3) is 0 Å². The van der Waals surface area contributed by atoms with E-state index in [-0.39, 0.29) is 0 Å². The van der Waals surface area contributed by atoms with E-state index >= 15 is 0 Å². The second-order valence-electron chi connectivity index (χ2n) is 2.40. The van der Waals surface area contributed by atoms with E-state index in [1.807, 2.05) is 10.8 Å². The van der Waals surface area contributed by atoms with Crippen LogP contribution in [0.2, 0.25) is 0 Å². The number of hydrogen-bond donors (Lipinski definition) is 1. The number of rotatable bonds is 1. The van der Waals surface area contributed by atoms with Crippen LogP contribution in [0.4, 0.5) is 5.69 Å². The van der Waals surface area contributed by atoms with E-state index in [0.29, 0.717) is 5.69 Å². The average Bonchev–Trinajstić information content (AvgIpc) is 2.57. The normalized spacial score (nSPS) is 10.0. The van der Waals surface area contributed by atoms with Crippen molar-refractivity contribution in [2.75, 3.05) is 5.73 Å². The zero-order valence-corrected chi connectivity index (χ0v) is 6.38. The Morgan fingerprint density at radius 3 is 2.83 bits per heavy atom. The molecular formula is C8H8N4. The lowest BCUT2D eigenvalue weighted by Gasteiger charge is -2.03. The standard InChI is InChI=1S/C8H8N4/c9-7-1-2-10-5-8(7)12-4-3-11-6-12/h1-6H,(H2,9,10). The van der Waals surface area contributed by atoms with E-state index in [2.05, 4.69) is 9.97 Å². The number of pyridine rings is 1. The molecule has 0 aromatic carbocycles. The quantitative estimate of drug-likeness (QED) is 0.672. The maximum atomic E-state index is 5.72. The second-order valence-corrected chi connectivity index (χ2v) is 2.40. The van der Waals surface area contributed by atoms with E-state index in [0.717, 1.165) is 5.69 Å². The minimum Gasteiger partial charge on any atom is -0.397 e. The first-order chi connectivity index (χ1) is 5.88. The topological polar surface area (TPSA) is 56.7 Å². The van der Waals surface area contributed by atoms with Crippen LogP contribution < -0.4 is 5.73 Å². The molecule has 0 bridgehead atoms. The van der Waals surface area contributed by atoms with Gasteiger partial charge in [0.2, 0.25) is 0 Å². The van der Waals surface area contributed by atoms with E-state index in [1.165, 1.54) is 0 Å². The third-order valence-corrected chi connectivity index (χ3v) is 1.62. The summed E-state index contributed by atoms with van der Waals surface area (Å²) in [5.41, 5.74) is 7.28. The molecule has 4 heteroatoms. The summed E-state index contributed by atoms with van der Waals surface area (Å²) in [5, 5.41) is 0. The molecule has 2 rings (SSSR count). The molecular weight excluding hydrogens is 152 g/mol. The van der Waals surface area contributed by atoms with Gasteiger partial charge < -0.3 is 10.3 Å². The number of nitrogens with zero attached hydrogens (tertiary/aromatic N) is 3. The molecule has 0 radical (unpaired) electrons. The van der Waals surface area contributed by atoms with Crippen molar-refractivity contribution < 1.29 is 0 Å². The van der Waals surface area contributed by atoms with E-state index in [4.69, 9.17) is 5.73 Å². The molecule has 2 N–H and O–H groups in total. The fraction of sp³-hybridized carbons (Fsp3) is 0. The van der Waals surface area contributed by atoms with Gasteiger partial charge >= 0.3 is 0 Å². The largest absolute Gasteiger partial charge is 0.397 e. The van der Waals surface area contributed by atoms with Gasteiger partial charge in [-0.1, -0.05) is 0 Å². The van der Waals surface area contributed by atoms with Crippen LogP contribution in [-0.2, 0) is 0 Å². The summed E-state index contributed by atoms with van der Waals surface area (Å²) >= 11 is 0. The van der Waals surface area contributed by atoms with Crippen LogP contribution in [0.1, 0.15) is 0 Å². The molecule has 0 saturated carbocycles. The van der Waals surface area contributed by atoms with Gasteiger partial charge in [-0.15, -0.1) is 0 Å². The summed E-state index contributed by atoms with van der Waals surface area (Å²) in [4.78, 5) is 7.89. The lowest BCUT2D eigenvalue weighted by atomic mass is 10.3. The van der Waals surface area contributed by atoms with Crippen LogP contribution in [0, 0.1) is 0 Å². The Kier molecular flexibility index (Phi) is 1.51. The maximum absolute atomic E-state index is 5.72. The third-order valence-electron chi connectivity index (χ3n) is 1.62. The van der Waals surface area contributed by atoms with Crippen molar-refractivity contribution in [3.05, 3.63) is 37.2 Å². The van der Waals surface area contributed by atoms with E-state index < -0.39 is 0 Å². The van der Waals surface area contributed by atoms with E-state index in [1.54, 1.807) is 31.0 Å². The Labute approximate surface area is 69.7 Å². The van der Waals surface area contributed by atoms with E-state index in [9.17, 15) is 0 Å². The van der Waals surface area contributed by atoms with Gasteiger partial charge in [0, 0.05) is 18.6 Å². The molecule has 0 fully saturated rings. The highest BCUT2D eigenvalue weighted by atomic mass is 15.0. The van der Waals surface area contributed by atoms with Crippen LogP contribution >= 0.6 is 0 Å². The molecule has 2 aromatic rings. The van der Waals surface area contributed by atoms with Crippen LogP contribution in [-0.4, -0.2) is 14.5 Å². The van der Waals surface area contributed by atoms with Crippen molar-refractivity contribution in [1.82, 2.24) is 14.5 Å². The smallest absolute Gasteiger partial charge is 0.0992 e. The fourth-order valence-corrected chi connectivity index (χ4v) is 1.01. The molecule has 0 aliphatic carbocycles. The lowest BCUT2D eigenvalue weighted by molar-refractivity contribution is 1.04. The first kappa shape index (κ1) is 6.84. The predicted molar refractivity (Wildman–Crippen MR) is 45.8 cm³/mol. The van der Waals surface area contributed by atoms with Crippen molar-refractivity contribution >= 4 is 5.69 Å². The SMILES string of the molecule is Nc1ccncc1-n1ccnc1.